The van der Waals surface area contributed by atoms with Crippen LogP contribution in [0.3, 0.4) is 0 Å². The Balaban J connectivity index is 4.60. The number of methoxy groups -OCH3 is 1. The lowest BCUT2D eigenvalue weighted by Crippen LogP contribution is -2.41. The number of rotatable bonds is 7. The Morgan fingerprint density at radius 3 is 2.06 bits per heavy atom. The summed E-state index contributed by atoms with van der Waals surface area (Å²) in [6, 6.07) is 0. The lowest BCUT2D eigenvalue weighted by molar-refractivity contribution is -0.148. The molecule has 4 nitrogen and oxygen atoms in total. The van der Waals surface area contributed by atoms with Gasteiger partial charge in [0.25, 0.3) is 0 Å². The lowest BCUT2D eigenvalue weighted by Gasteiger charge is -2.27. The Hall–Kier alpha value is -1.06. The van der Waals surface area contributed by atoms with E-state index >= 15 is 0 Å². The molecule has 0 aromatic heterocycles. The number of carbonyl (C=O) groups excluding carboxylic acids is 2. The second-order valence-electron chi connectivity index (χ2n) is 4.63. The maximum atomic E-state index is 12.0. The first-order valence-electron chi connectivity index (χ1n) is 6.31. The number of carbonyl (C=O) groups is 2. The van der Waals surface area contributed by atoms with Gasteiger partial charge in [-0.3, -0.25) is 9.59 Å². The molecule has 4 heteroatoms. The molecule has 0 rings (SSSR count). The first kappa shape index (κ1) is 15.9. The van der Waals surface area contributed by atoms with E-state index in [1.54, 1.807) is 4.90 Å². The van der Waals surface area contributed by atoms with Gasteiger partial charge in [-0.1, -0.05) is 40.5 Å². The summed E-state index contributed by atoms with van der Waals surface area (Å²) in [6.07, 6.45) is 2.03. The molecule has 0 unspecified atom stereocenters. The molecule has 0 atom stereocenters. The van der Waals surface area contributed by atoms with Crippen molar-refractivity contribution in [3.05, 3.63) is 0 Å². The summed E-state index contributed by atoms with van der Waals surface area (Å²) >= 11 is 0. The third kappa shape index (κ3) is 5.71. The highest BCUT2D eigenvalue weighted by Gasteiger charge is 2.22. The number of hydrogen-bond acceptors (Lipinski definition) is 3. The van der Waals surface area contributed by atoms with Crippen molar-refractivity contribution in [3.8, 4) is 0 Å². The van der Waals surface area contributed by atoms with Crippen LogP contribution in [0, 0.1) is 11.8 Å². The van der Waals surface area contributed by atoms with Gasteiger partial charge in [-0.2, -0.15) is 0 Å². The van der Waals surface area contributed by atoms with Crippen molar-refractivity contribution in [2.45, 2.75) is 40.5 Å². The van der Waals surface area contributed by atoms with Crippen molar-refractivity contribution in [2.24, 2.45) is 11.8 Å². The smallest absolute Gasteiger partial charge is 0.325 e. The number of nitrogens with zero attached hydrogens (tertiary/aromatic N) is 1. The summed E-state index contributed by atoms with van der Waals surface area (Å²) in [5, 5.41) is 0. The van der Waals surface area contributed by atoms with Crippen LogP contribution in [0.5, 0.6) is 0 Å². The molecule has 17 heavy (non-hydrogen) atoms. The molecule has 100 valence electrons. The summed E-state index contributed by atoms with van der Waals surface area (Å²) < 4.78 is 4.63. The zero-order valence-electron chi connectivity index (χ0n) is 11.7. The van der Waals surface area contributed by atoms with Crippen LogP contribution in [0.1, 0.15) is 40.5 Å². The average molecular weight is 243 g/mol. The molecule has 0 aliphatic rings. The number of ether oxygens (including phenoxy) is 1. The largest absolute Gasteiger partial charge is 0.468 e. The number of esters is 1. The standard InChI is InChI=1S/C13H25NO3/c1-6-11(7-2)8-14(9-12(15)17-5)13(16)10(3)4/h10-11H,6-9H2,1-5H3. The molecule has 0 aromatic carbocycles. The van der Waals surface area contributed by atoms with Gasteiger partial charge in [0.05, 0.1) is 7.11 Å². The van der Waals surface area contributed by atoms with Crippen LogP contribution in [0.2, 0.25) is 0 Å². The van der Waals surface area contributed by atoms with Crippen molar-refractivity contribution >= 4 is 11.9 Å². The highest BCUT2D eigenvalue weighted by atomic mass is 16.5. The predicted molar refractivity (Wildman–Crippen MR) is 67.5 cm³/mol. The Bertz CT molecular complexity index is 247. The molecule has 0 saturated carbocycles. The highest BCUT2D eigenvalue weighted by Crippen LogP contribution is 2.12. The quantitative estimate of drug-likeness (QED) is 0.643. The zero-order chi connectivity index (χ0) is 13.4. The number of hydrogen-bond donors (Lipinski definition) is 0. The van der Waals surface area contributed by atoms with E-state index < -0.39 is 0 Å². The van der Waals surface area contributed by atoms with E-state index in [9.17, 15) is 9.59 Å². The van der Waals surface area contributed by atoms with Gasteiger partial charge >= 0.3 is 5.97 Å². The van der Waals surface area contributed by atoms with E-state index in [0.717, 1.165) is 12.8 Å². The summed E-state index contributed by atoms with van der Waals surface area (Å²) in [6.45, 7) is 8.59. The lowest BCUT2D eigenvalue weighted by atomic mass is 10.0. The zero-order valence-corrected chi connectivity index (χ0v) is 11.7. The maximum Gasteiger partial charge on any atom is 0.325 e. The first-order chi connectivity index (χ1) is 7.96. The Labute approximate surface area is 104 Å². The Morgan fingerprint density at radius 2 is 1.71 bits per heavy atom. The first-order valence-corrected chi connectivity index (χ1v) is 6.31. The van der Waals surface area contributed by atoms with Crippen molar-refractivity contribution in [3.63, 3.8) is 0 Å². The molecule has 0 bridgehead atoms. The Morgan fingerprint density at radius 1 is 1.18 bits per heavy atom. The fraction of sp³-hybridized carbons (Fsp3) is 0.846. The fourth-order valence-corrected chi connectivity index (χ4v) is 1.68. The minimum absolute atomic E-state index is 0.0160. The fourth-order valence-electron chi connectivity index (χ4n) is 1.68. The van der Waals surface area contributed by atoms with Crippen LogP contribution in [0.25, 0.3) is 0 Å². The van der Waals surface area contributed by atoms with Gasteiger partial charge in [0, 0.05) is 12.5 Å². The normalized spacial score (nSPS) is 10.8. The highest BCUT2D eigenvalue weighted by molar-refractivity contribution is 5.83. The molecule has 0 fully saturated rings. The average Bonchev–Trinajstić information content (AvgIpc) is 2.32. The van der Waals surface area contributed by atoms with Crippen molar-refractivity contribution < 1.29 is 14.3 Å². The maximum absolute atomic E-state index is 12.0. The minimum Gasteiger partial charge on any atom is -0.468 e. The van der Waals surface area contributed by atoms with E-state index in [1.165, 1.54) is 7.11 Å². The SMILES string of the molecule is CCC(CC)CN(CC(=O)OC)C(=O)C(C)C. The van der Waals surface area contributed by atoms with Crippen LogP contribution in [-0.4, -0.2) is 37.0 Å². The molecule has 0 saturated heterocycles. The van der Waals surface area contributed by atoms with Gasteiger partial charge < -0.3 is 9.64 Å². The van der Waals surface area contributed by atoms with Crippen LogP contribution < -0.4 is 0 Å². The van der Waals surface area contributed by atoms with Gasteiger partial charge in [-0.05, 0) is 5.92 Å². The molecule has 0 aliphatic carbocycles. The summed E-state index contributed by atoms with van der Waals surface area (Å²) in [7, 11) is 1.34. The second kappa shape index (κ2) is 8.09. The molecule has 0 heterocycles. The summed E-state index contributed by atoms with van der Waals surface area (Å²) in [4.78, 5) is 24.9. The van der Waals surface area contributed by atoms with E-state index in [1.807, 2.05) is 13.8 Å². The van der Waals surface area contributed by atoms with Gasteiger partial charge in [0.2, 0.25) is 5.91 Å². The van der Waals surface area contributed by atoms with Crippen LogP contribution in [-0.2, 0) is 14.3 Å². The van der Waals surface area contributed by atoms with Gasteiger partial charge in [-0.15, -0.1) is 0 Å². The minimum atomic E-state index is -0.357. The van der Waals surface area contributed by atoms with Crippen molar-refractivity contribution in [2.75, 3.05) is 20.2 Å². The van der Waals surface area contributed by atoms with Crippen LogP contribution in [0.15, 0.2) is 0 Å². The van der Waals surface area contributed by atoms with E-state index in [0.29, 0.717) is 12.5 Å². The van der Waals surface area contributed by atoms with Gasteiger partial charge in [-0.25, -0.2) is 0 Å². The predicted octanol–water partition coefficient (Wildman–Crippen LogP) is 2.08. The molecule has 0 aromatic rings. The van der Waals surface area contributed by atoms with Gasteiger partial charge in [0.1, 0.15) is 6.54 Å². The third-order valence-corrected chi connectivity index (χ3v) is 2.99. The topological polar surface area (TPSA) is 46.6 Å². The van der Waals surface area contributed by atoms with Crippen LogP contribution >= 0.6 is 0 Å². The number of amides is 1. The molecule has 0 spiro atoms. The third-order valence-electron chi connectivity index (χ3n) is 2.99. The van der Waals surface area contributed by atoms with E-state index in [4.69, 9.17) is 0 Å². The van der Waals surface area contributed by atoms with Crippen LogP contribution in [0.4, 0.5) is 0 Å². The molecular formula is C13H25NO3. The summed E-state index contributed by atoms with van der Waals surface area (Å²) in [5.74, 6) is 0.0173. The van der Waals surface area contributed by atoms with Crippen molar-refractivity contribution in [1.82, 2.24) is 4.90 Å². The van der Waals surface area contributed by atoms with E-state index in [-0.39, 0.29) is 24.3 Å². The summed E-state index contributed by atoms with van der Waals surface area (Å²) in [5.41, 5.74) is 0. The Kier molecular flexibility index (Phi) is 7.59. The molecule has 0 N–H and O–H groups in total. The molecule has 0 aliphatic heterocycles. The van der Waals surface area contributed by atoms with Crippen molar-refractivity contribution in [1.29, 1.82) is 0 Å². The molecule has 1 amide bonds. The molecule has 0 radical (unpaired) electrons. The van der Waals surface area contributed by atoms with Gasteiger partial charge in [0.15, 0.2) is 0 Å². The monoisotopic (exact) mass is 243 g/mol. The second-order valence-corrected chi connectivity index (χ2v) is 4.63. The molecular weight excluding hydrogens is 218 g/mol. The van der Waals surface area contributed by atoms with E-state index in [2.05, 4.69) is 18.6 Å².